The molecule has 0 spiro atoms. The molecule has 0 aliphatic carbocycles. The zero-order chi connectivity index (χ0) is 9.97. The zero-order valence-corrected chi connectivity index (χ0v) is 8.02. The van der Waals surface area contributed by atoms with E-state index < -0.39 is 0 Å². The van der Waals surface area contributed by atoms with Crippen molar-refractivity contribution >= 4 is 11.4 Å². The lowest BCUT2D eigenvalue weighted by Gasteiger charge is -2.24. The van der Waals surface area contributed by atoms with Gasteiger partial charge < -0.3 is 10.6 Å². The Hall–Kier alpha value is -1.58. The Labute approximate surface area is 82.9 Å². The fourth-order valence-electron chi connectivity index (χ4n) is 1.63. The van der Waals surface area contributed by atoms with Gasteiger partial charge in [-0.2, -0.15) is 0 Å². The van der Waals surface area contributed by atoms with Crippen molar-refractivity contribution in [2.75, 3.05) is 36.8 Å². The summed E-state index contributed by atoms with van der Waals surface area (Å²) in [5, 5.41) is 0. The Kier molecular flexibility index (Phi) is 2.35. The highest BCUT2D eigenvalue weighted by molar-refractivity contribution is 5.53. The van der Waals surface area contributed by atoms with Crippen LogP contribution in [-0.4, -0.2) is 30.9 Å². The minimum Gasteiger partial charge on any atom is -0.399 e. The number of anilines is 2. The standard InChI is InChI=1S/C10H14N3O/c11-9-1-3-10(4-2-9)12-5-7-13(14)8-6-12/h1-4H,5-8,11H2/q+1. The second kappa shape index (κ2) is 3.65. The molecule has 4 heteroatoms. The molecule has 1 aliphatic rings. The van der Waals surface area contributed by atoms with Crippen LogP contribution in [0.3, 0.4) is 0 Å². The van der Waals surface area contributed by atoms with E-state index >= 15 is 0 Å². The molecule has 0 amide bonds. The van der Waals surface area contributed by atoms with E-state index in [0.717, 1.165) is 29.2 Å². The van der Waals surface area contributed by atoms with Gasteiger partial charge in [-0.05, 0) is 24.3 Å². The summed E-state index contributed by atoms with van der Waals surface area (Å²) in [5.41, 5.74) is 7.52. The van der Waals surface area contributed by atoms with Crippen LogP contribution in [0.2, 0.25) is 0 Å². The van der Waals surface area contributed by atoms with Gasteiger partial charge >= 0.3 is 0 Å². The third-order valence-electron chi connectivity index (χ3n) is 2.50. The molecule has 1 aromatic carbocycles. The second-order valence-electron chi connectivity index (χ2n) is 3.51. The minimum atomic E-state index is 0.588. The lowest BCUT2D eigenvalue weighted by molar-refractivity contribution is -0.550. The van der Waals surface area contributed by atoms with Crippen LogP contribution in [0.15, 0.2) is 24.3 Å². The highest BCUT2D eigenvalue weighted by Gasteiger charge is 2.20. The fourth-order valence-corrected chi connectivity index (χ4v) is 1.63. The maximum atomic E-state index is 11.0. The van der Waals surface area contributed by atoms with Crippen LogP contribution in [0.1, 0.15) is 0 Å². The molecule has 1 saturated heterocycles. The van der Waals surface area contributed by atoms with Gasteiger partial charge in [0.05, 0.1) is 13.1 Å². The van der Waals surface area contributed by atoms with Gasteiger partial charge in [0.15, 0.2) is 0 Å². The average Bonchev–Trinajstić information content (AvgIpc) is 2.21. The molecule has 0 aromatic heterocycles. The minimum absolute atomic E-state index is 0.588. The van der Waals surface area contributed by atoms with E-state index in [2.05, 4.69) is 4.90 Å². The van der Waals surface area contributed by atoms with Crippen molar-refractivity contribution in [2.45, 2.75) is 0 Å². The third-order valence-corrected chi connectivity index (χ3v) is 2.50. The number of benzene rings is 1. The largest absolute Gasteiger partial charge is 0.399 e. The summed E-state index contributed by atoms with van der Waals surface area (Å²) in [6, 6.07) is 7.77. The number of nitrogens with zero attached hydrogens (tertiary/aromatic N) is 2. The van der Waals surface area contributed by atoms with Crippen molar-refractivity contribution in [1.82, 2.24) is 0 Å². The van der Waals surface area contributed by atoms with Crippen molar-refractivity contribution in [1.29, 1.82) is 0 Å². The number of rotatable bonds is 1. The van der Waals surface area contributed by atoms with Gasteiger partial charge in [0.25, 0.3) is 0 Å². The van der Waals surface area contributed by atoms with Crippen LogP contribution in [0.4, 0.5) is 11.4 Å². The topological polar surface area (TPSA) is 49.3 Å². The van der Waals surface area contributed by atoms with Crippen LogP contribution >= 0.6 is 0 Å². The van der Waals surface area contributed by atoms with Gasteiger partial charge in [-0.3, -0.25) is 0 Å². The van der Waals surface area contributed by atoms with E-state index in [4.69, 9.17) is 5.73 Å². The van der Waals surface area contributed by atoms with Crippen molar-refractivity contribution in [2.24, 2.45) is 0 Å². The van der Waals surface area contributed by atoms with Crippen molar-refractivity contribution in [3.05, 3.63) is 29.2 Å². The molecule has 2 N–H and O–H groups in total. The van der Waals surface area contributed by atoms with Crippen molar-refractivity contribution in [3.8, 4) is 0 Å². The Morgan fingerprint density at radius 2 is 1.71 bits per heavy atom. The second-order valence-corrected chi connectivity index (χ2v) is 3.51. The summed E-state index contributed by atoms with van der Waals surface area (Å²) in [6.45, 7) is 2.77. The first-order valence-electron chi connectivity index (χ1n) is 4.78. The molecule has 1 aliphatic heterocycles. The normalized spacial score (nSPS) is 17.1. The molecule has 14 heavy (non-hydrogen) atoms. The highest BCUT2D eigenvalue weighted by Crippen LogP contribution is 2.16. The number of nitrogens with two attached hydrogens (primary N) is 1. The molecule has 4 nitrogen and oxygen atoms in total. The maximum absolute atomic E-state index is 11.0. The van der Waals surface area contributed by atoms with Gasteiger partial charge in [0.1, 0.15) is 0 Å². The SMILES string of the molecule is Nc1ccc(N2CC[N+](=O)CC2)cc1. The van der Waals surface area contributed by atoms with Gasteiger partial charge in [0.2, 0.25) is 13.1 Å². The number of hydrogen-bond donors (Lipinski definition) is 1. The summed E-state index contributed by atoms with van der Waals surface area (Å²) < 4.78 is 1.10. The van der Waals surface area contributed by atoms with Crippen LogP contribution in [0, 0.1) is 4.91 Å². The third kappa shape index (κ3) is 1.84. The zero-order valence-electron chi connectivity index (χ0n) is 8.02. The van der Waals surface area contributed by atoms with Gasteiger partial charge in [-0.25, -0.2) is 0 Å². The Morgan fingerprint density at radius 3 is 2.29 bits per heavy atom. The van der Waals surface area contributed by atoms with Crippen molar-refractivity contribution < 1.29 is 4.76 Å². The summed E-state index contributed by atoms with van der Waals surface area (Å²) in [7, 11) is 0. The molecular formula is C10H14N3O+. The molecule has 1 fully saturated rings. The van der Waals surface area contributed by atoms with E-state index in [9.17, 15) is 4.91 Å². The monoisotopic (exact) mass is 192 g/mol. The van der Waals surface area contributed by atoms with Crippen LogP contribution in [-0.2, 0) is 0 Å². The lowest BCUT2D eigenvalue weighted by Crippen LogP contribution is -2.40. The van der Waals surface area contributed by atoms with Crippen LogP contribution in [0.25, 0.3) is 0 Å². The van der Waals surface area contributed by atoms with Gasteiger partial charge in [-0.15, -0.1) is 0 Å². The summed E-state index contributed by atoms with van der Waals surface area (Å²) in [6.07, 6.45) is 0. The predicted octanol–water partition coefficient (Wildman–Crippen LogP) is 0.868. The first-order chi connectivity index (χ1) is 6.75. The average molecular weight is 192 g/mol. The molecular weight excluding hydrogens is 178 g/mol. The molecule has 1 aromatic rings. The molecule has 0 radical (unpaired) electrons. The molecule has 0 bridgehead atoms. The number of piperazine rings is 1. The van der Waals surface area contributed by atoms with Crippen LogP contribution in [0.5, 0.6) is 0 Å². The molecule has 0 saturated carbocycles. The molecule has 0 unspecified atom stereocenters. The summed E-state index contributed by atoms with van der Waals surface area (Å²) >= 11 is 0. The van der Waals surface area contributed by atoms with Gasteiger partial charge in [-0.1, -0.05) is 0 Å². The lowest BCUT2D eigenvalue weighted by atomic mass is 10.2. The quantitative estimate of drug-likeness (QED) is 0.530. The number of hydrogen-bond acceptors (Lipinski definition) is 3. The Morgan fingerprint density at radius 1 is 1.14 bits per heavy atom. The highest BCUT2D eigenvalue weighted by atomic mass is 16.3. The van der Waals surface area contributed by atoms with E-state index in [0.29, 0.717) is 13.1 Å². The first-order valence-corrected chi connectivity index (χ1v) is 4.78. The first kappa shape index (κ1) is 8.99. The molecule has 0 atom stereocenters. The van der Waals surface area contributed by atoms with Gasteiger partial charge in [0, 0.05) is 21.0 Å². The van der Waals surface area contributed by atoms with E-state index in [1.165, 1.54) is 0 Å². The fraction of sp³-hybridized carbons (Fsp3) is 0.400. The maximum Gasteiger partial charge on any atom is 0.209 e. The van der Waals surface area contributed by atoms with E-state index in [1.54, 1.807) is 0 Å². The summed E-state index contributed by atoms with van der Waals surface area (Å²) in [4.78, 5) is 13.2. The van der Waals surface area contributed by atoms with E-state index in [1.807, 2.05) is 24.3 Å². The van der Waals surface area contributed by atoms with Crippen molar-refractivity contribution in [3.63, 3.8) is 0 Å². The Balaban J connectivity index is 2.08. The molecule has 2 rings (SSSR count). The predicted molar refractivity (Wildman–Crippen MR) is 56.4 cm³/mol. The Bertz CT molecular complexity index is 324. The molecule has 74 valence electrons. The summed E-state index contributed by atoms with van der Waals surface area (Å²) in [5.74, 6) is 0. The molecule has 1 heterocycles. The van der Waals surface area contributed by atoms with E-state index in [-0.39, 0.29) is 0 Å². The number of nitrogen functional groups attached to an aromatic ring is 1. The van der Waals surface area contributed by atoms with Crippen LogP contribution < -0.4 is 10.6 Å². The number of nitroso groups, excluding NO2 is 1. The smallest absolute Gasteiger partial charge is 0.209 e.